The molecule has 1 N–H and O–H groups in total. The topological polar surface area (TPSA) is 60.7 Å². The second kappa shape index (κ2) is 9.32. The van der Waals surface area contributed by atoms with E-state index >= 15 is 0 Å². The molecule has 3 rings (SSSR count). The van der Waals surface area contributed by atoms with Crippen LogP contribution in [0.5, 0.6) is 11.5 Å². The van der Waals surface area contributed by atoms with Gasteiger partial charge in [-0.15, -0.1) is 0 Å². The molecule has 0 aliphatic carbocycles. The highest BCUT2D eigenvalue weighted by atomic mass is 16.5. The average molecular weight is 393 g/mol. The van der Waals surface area contributed by atoms with Crippen molar-refractivity contribution in [3.8, 4) is 11.5 Å². The number of hydrogen-bond donors (Lipinski definition) is 1. The lowest BCUT2D eigenvalue weighted by molar-refractivity contribution is -0.116. The van der Waals surface area contributed by atoms with E-state index in [0.717, 1.165) is 45.4 Å². The lowest BCUT2D eigenvalue weighted by atomic mass is 10.0. The lowest BCUT2D eigenvalue weighted by Crippen LogP contribution is -2.23. The molecule has 2 aromatic carbocycles. The molecule has 0 saturated heterocycles. The number of benzene rings is 2. The number of ether oxygens (including phenoxy) is 2. The Kier molecular flexibility index (Phi) is 6.60. The summed E-state index contributed by atoms with van der Waals surface area (Å²) in [6, 6.07) is 11.8. The Hall–Kier alpha value is -3.21. The van der Waals surface area contributed by atoms with Gasteiger partial charge in [-0.3, -0.25) is 4.79 Å². The van der Waals surface area contributed by atoms with E-state index in [9.17, 15) is 4.79 Å². The summed E-state index contributed by atoms with van der Waals surface area (Å²) >= 11 is 0. The van der Waals surface area contributed by atoms with Crippen LogP contribution in [0.15, 0.2) is 53.2 Å². The predicted octanol–water partition coefficient (Wildman–Crippen LogP) is 4.91. The molecular formula is C24H27NO4. The minimum Gasteiger partial charge on any atom is -0.497 e. The maximum absolute atomic E-state index is 12.4. The quantitative estimate of drug-likeness (QED) is 0.553. The van der Waals surface area contributed by atoms with Crippen LogP contribution in [0.4, 0.5) is 0 Å². The number of hydrogen-bond acceptors (Lipinski definition) is 4. The molecule has 29 heavy (non-hydrogen) atoms. The first-order chi connectivity index (χ1) is 14.0. The number of carbonyl (C=O) groups excluding carboxylic acids is 1. The Balaban J connectivity index is 1.71. The fraction of sp³-hybridized carbons (Fsp3) is 0.292. The second-order valence-electron chi connectivity index (χ2n) is 6.92. The van der Waals surface area contributed by atoms with Gasteiger partial charge in [-0.2, -0.15) is 0 Å². The molecule has 1 heterocycles. The van der Waals surface area contributed by atoms with Crippen molar-refractivity contribution in [1.29, 1.82) is 0 Å². The summed E-state index contributed by atoms with van der Waals surface area (Å²) in [7, 11) is 1.65. The van der Waals surface area contributed by atoms with E-state index in [1.165, 1.54) is 0 Å². The first-order valence-corrected chi connectivity index (χ1v) is 9.76. The van der Waals surface area contributed by atoms with Crippen molar-refractivity contribution in [3.05, 3.63) is 65.4 Å². The van der Waals surface area contributed by atoms with Gasteiger partial charge in [0.2, 0.25) is 5.91 Å². The van der Waals surface area contributed by atoms with Crippen molar-refractivity contribution >= 4 is 22.4 Å². The monoisotopic (exact) mass is 393 g/mol. The van der Waals surface area contributed by atoms with Crippen LogP contribution in [0.1, 0.15) is 30.5 Å². The van der Waals surface area contributed by atoms with Gasteiger partial charge in [-0.25, -0.2) is 0 Å². The van der Waals surface area contributed by atoms with Crippen molar-refractivity contribution < 1.29 is 18.7 Å². The molecule has 3 aromatic rings. The SMILES string of the molecule is CCOc1cc2occ(C)c2cc1/C(C)=C/C(=O)NCCc1cccc(OC)c1. The van der Waals surface area contributed by atoms with Gasteiger partial charge in [-0.1, -0.05) is 12.1 Å². The summed E-state index contributed by atoms with van der Waals surface area (Å²) < 4.78 is 16.6. The van der Waals surface area contributed by atoms with Gasteiger partial charge >= 0.3 is 0 Å². The summed E-state index contributed by atoms with van der Waals surface area (Å²) in [4.78, 5) is 12.4. The fourth-order valence-electron chi connectivity index (χ4n) is 3.25. The number of nitrogens with one attached hydrogen (secondary N) is 1. The molecule has 1 aromatic heterocycles. The van der Waals surface area contributed by atoms with Crippen molar-refractivity contribution in [3.63, 3.8) is 0 Å². The van der Waals surface area contributed by atoms with Gasteiger partial charge in [0.05, 0.1) is 20.0 Å². The van der Waals surface area contributed by atoms with Gasteiger partial charge in [0.25, 0.3) is 0 Å². The molecular weight excluding hydrogens is 366 g/mol. The number of amides is 1. The molecule has 0 radical (unpaired) electrons. The van der Waals surface area contributed by atoms with Crippen LogP contribution in [0.25, 0.3) is 16.5 Å². The van der Waals surface area contributed by atoms with Crippen LogP contribution in [0.2, 0.25) is 0 Å². The molecule has 0 unspecified atom stereocenters. The highest BCUT2D eigenvalue weighted by Crippen LogP contribution is 2.33. The van der Waals surface area contributed by atoms with Crippen LogP contribution in [-0.2, 0) is 11.2 Å². The van der Waals surface area contributed by atoms with E-state index in [2.05, 4.69) is 5.32 Å². The molecule has 5 nitrogen and oxygen atoms in total. The van der Waals surface area contributed by atoms with Gasteiger partial charge in [0.15, 0.2) is 0 Å². The fourth-order valence-corrected chi connectivity index (χ4v) is 3.25. The molecule has 5 heteroatoms. The summed E-state index contributed by atoms with van der Waals surface area (Å²) in [6.07, 6.45) is 4.08. The number of carbonyl (C=O) groups is 1. The number of furan rings is 1. The van der Waals surface area contributed by atoms with Gasteiger partial charge in [-0.05, 0) is 62.1 Å². The number of rotatable bonds is 8. The molecule has 0 aliphatic heterocycles. The molecule has 0 fully saturated rings. The van der Waals surface area contributed by atoms with Crippen molar-refractivity contribution in [2.75, 3.05) is 20.3 Å². The zero-order chi connectivity index (χ0) is 20.8. The summed E-state index contributed by atoms with van der Waals surface area (Å²) in [6.45, 7) is 6.94. The van der Waals surface area contributed by atoms with E-state index in [-0.39, 0.29) is 5.91 Å². The van der Waals surface area contributed by atoms with Crippen LogP contribution < -0.4 is 14.8 Å². The van der Waals surface area contributed by atoms with Crippen LogP contribution in [0, 0.1) is 6.92 Å². The van der Waals surface area contributed by atoms with Crippen molar-refractivity contribution in [1.82, 2.24) is 5.32 Å². The summed E-state index contributed by atoms with van der Waals surface area (Å²) in [5.74, 6) is 1.40. The minimum atomic E-state index is -0.128. The Morgan fingerprint density at radius 1 is 1.24 bits per heavy atom. The standard InChI is InChI=1S/C24H27NO4/c1-5-28-22-14-23-21(17(3)15-29-23)13-20(22)16(2)11-24(26)25-10-9-18-7-6-8-19(12-18)27-4/h6-8,11-15H,5,9-10H2,1-4H3,(H,25,26)/b16-11+. The maximum atomic E-state index is 12.4. The number of fused-ring (bicyclic) bond motifs is 1. The Bertz CT molecular complexity index is 1030. The minimum absolute atomic E-state index is 0.128. The Morgan fingerprint density at radius 2 is 2.07 bits per heavy atom. The second-order valence-corrected chi connectivity index (χ2v) is 6.92. The molecule has 0 atom stereocenters. The van der Waals surface area contributed by atoms with Crippen LogP contribution >= 0.6 is 0 Å². The molecule has 0 saturated carbocycles. The van der Waals surface area contributed by atoms with Gasteiger partial charge in [0, 0.05) is 29.6 Å². The zero-order valence-electron chi connectivity index (χ0n) is 17.4. The van der Waals surface area contributed by atoms with E-state index in [1.807, 2.05) is 57.2 Å². The van der Waals surface area contributed by atoms with Crippen molar-refractivity contribution in [2.45, 2.75) is 27.2 Å². The first kappa shape index (κ1) is 20.5. The number of aryl methyl sites for hydroxylation is 1. The third-order valence-corrected chi connectivity index (χ3v) is 4.79. The predicted molar refractivity (Wildman–Crippen MR) is 115 cm³/mol. The van der Waals surface area contributed by atoms with Crippen LogP contribution in [0.3, 0.4) is 0 Å². The first-order valence-electron chi connectivity index (χ1n) is 9.76. The highest BCUT2D eigenvalue weighted by Gasteiger charge is 2.13. The van der Waals surface area contributed by atoms with Gasteiger partial charge < -0.3 is 19.2 Å². The zero-order valence-corrected chi connectivity index (χ0v) is 17.4. The largest absolute Gasteiger partial charge is 0.497 e. The van der Waals surface area contributed by atoms with E-state index in [0.29, 0.717) is 18.9 Å². The smallest absolute Gasteiger partial charge is 0.244 e. The maximum Gasteiger partial charge on any atom is 0.244 e. The summed E-state index contributed by atoms with van der Waals surface area (Å²) in [5.41, 5.74) is 4.69. The Labute approximate surface area is 171 Å². The summed E-state index contributed by atoms with van der Waals surface area (Å²) in [5, 5.41) is 3.97. The van der Waals surface area contributed by atoms with Crippen molar-refractivity contribution in [2.24, 2.45) is 0 Å². The Morgan fingerprint density at radius 3 is 2.83 bits per heavy atom. The average Bonchev–Trinajstić information content (AvgIpc) is 3.07. The molecule has 152 valence electrons. The van der Waals surface area contributed by atoms with Crippen LogP contribution in [-0.4, -0.2) is 26.2 Å². The number of allylic oxidation sites excluding steroid dienone is 1. The third kappa shape index (κ3) is 4.99. The molecule has 0 spiro atoms. The van der Waals surface area contributed by atoms with E-state index < -0.39 is 0 Å². The lowest BCUT2D eigenvalue weighted by Gasteiger charge is -2.11. The molecule has 0 aliphatic rings. The molecule has 1 amide bonds. The third-order valence-electron chi connectivity index (χ3n) is 4.79. The van der Waals surface area contributed by atoms with E-state index in [1.54, 1.807) is 19.4 Å². The molecule has 0 bridgehead atoms. The normalized spacial score (nSPS) is 11.5. The highest BCUT2D eigenvalue weighted by molar-refractivity contribution is 5.97. The van der Waals surface area contributed by atoms with Gasteiger partial charge in [0.1, 0.15) is 17.1 Å². The van der Waals surface area contributed by atoms with E-state index in [4.69, 9.17) is 13.9 Å². The number of methoxy groups -OCH3 is 1.